The van der Waals surface area contributed by atoms with Crippen molar-refractivity contribution in [2.45, 2.75) is 17.9 Å². The second-order valence-electron chi connectivity index (χ2n) is 7.23. The smallest absolute Gasteiger partial charge is 0.243 e. The summed E-state index contributed by atoms with van der Waals surface area (Å²) in [5.74, 6) is -0.589. The summed E-state index contributed by atoms with van der Waals surface area (Å²) in [4.78, 5) is 16.3. The van der Waals surface area contributed by atoms with Crippen molar-refractivity contribution in [1.82, 2.24) is 14.1 Å². The van der Waals surface area contributed by atoms with Gasteiger partial charge in [0, 0.05) is 33.2 Å². The van der Waals surface area contributed by atoms with Gasteiger partial charge >= 0.3 is 0 Å². The third kappa shape index (κ3) is 5.01. The highest BCUT2D eigenvalue weighted by Crippen LogP contribution is 2.20. The number of rotatable bonds is 6. The Morgan fingerprint density at radius 1 is 1.07 bits per heavy atom. The molecular weight excluding hydrogens is 393 g/mol. The van der Waals surface area contributed by atoms with Gasteiger partial charge in [-0.25, -0.2) is 12.8 Å². The van der Waals surface area contributed by atoms with Crippen LogP contribution in [-0.2, 0) is 14.8 Å². The van der Waals surface area contributed by atoms with Gasteiger partial charge in [-0.1, -0.05) is 36.4 Å². The Kier molecular flexibility index (Phi) is 6.66. The van der Waals surface area contributed by atoms with Gasteiger partial charge in [0.25, 0.3) is 0 Å². The minimum atomic E-state index is -3.73. The number of benzene rings is 2. The molecule has 0 aromatic heterocycles. The summed E-state index contributed by atoms with van der Waals surface area (Å²) in [6, 6.07) is 14.8. The van der Waals surface area contributed by atoms with Crippen molar-refractivity contribution in [2.24, 2.45) is 0 Å². The van der Waals surface area contributed by atoms with Crippen LogP contribution in [-0.4, -0.2) is 68.2 Å². The Morgan fingerprint density at radius 2 is 1.72 bits per heavy atom. The molecule has 0 radical (unpaired) electrons. The van der Waals surface area contributed by atoms with Crippen LogP contribution in [0.15, 0.2) is 59.5 Å². The molecule has 1 aliphatic heterocycles. The highest BCUT2D eigenvalue weighted by Gasteiger charge is 2.30. The lowest BCUT2D eigenvalue weighted by molar-refractivity contribution is -0.133. The number of piperazine rings is 1. The maximum Gasteiger partial charge on any atom is 0.243 e. The van der Waals surface area contributed by atoms with Crippen LogP contribution in [0.4, 0.5) is 4.39 Å². The van der Waals surface area contributed by atoms with Gasteiger partial charge in [0.15, 0.2) is 0 Å². The molecule has 1 fully saturated rings. The van der Waals surface area contributed by atoms with Crippen LogP contribution in [0.5, 0.6) is 0 Å². The standard InChI is InChI=1S/C21H26FN3O3S/c1-17(18-7-4-3-5-8-18)23(2)21(26)16-24-11-13-25(14-12-24)29(27,28)20-10-6-9-19(22)15-20/h3-10,15,17H,11-14,16H2,1-2H3. The molecule has 1 atom stereocenters. The zero-order valence-corrected chi connectivity index (χ0v) is 17.5. The van der Waals surface area contributed by atoms with Gasteiger partial charge in [-0.3, -0.25) is 9.69 Å². The first-order valence-electron chi connectivity index (χ1n) is 9.57. The summed E-state index contributed by atoms with van der Waals surface area (Å²) in [6.45, 7) is 3.66. The zero-order valence-electron chi connectivity index (χ0n) is 16.7. The molecule has 0 saturated carbocycles. The second-order valence-corrected chi connectivity index (χ2v) is 9.17. The number of carbonyl (C=O) groups is 1. The van der Waals surface area contributed by atoms with E-state index in [0.717, 1.165) is 11.6 Å². The molecular formula is C21H26FN3O3S. The van der Waals surface area contributed by atoms with Crippen LogP contribution < -0.4 is 0 Å². The minimum absolute atomic E-state index is 0.0113. The SMILES string of the molecule is CC(c1ccccc1)N(C)C(=O)CN1CCN(S(=O)(=O)c2cccc(F)c2)CC1. The summed E-state index contributed by atoms with van der Waals surface area (Å²) in [5, 5.41) is 0. The fourth-order valence-electron chi connectivity index (χ4n) is 3.38. The minimum Gasteiger partial charge on any atom is -0.338 e. The molecule has 0 aliphatic carbocycles. The Balaban J connectivity index is 1.56. The molecule has 1 aliphatic rings. The van der Waals surface area contributed by atoms with E-state index in [-0.39, 0.29) is 36.5 Å². The van der Waals surface area contributed by atoms with Crippen molar-refractivity contribution < 1.29 is 17.6 Å². The van der Waals surface area contributed by atoms with Gasteiger partial charge in [-0.05, 0) is 30.7 Å². The molecule has 1 heterocycles. The summed E-state index contributed by atoms with van der Waals surface area (Å²) in [7, 11) is -1.95. The number of likely N-dealkylation sites (N-methyl/N-ethyl adjacent to an activating group) is 1. The van der Waals surface area contributed by atoms with Crippen LogP contribution in [0.25, 0.3) is 0 Å². The van der Waals surface area contributed by atoms with Crippen molar-refractivity contribution in [2.75, 3.05) is 39.8 Å². The summed E-state index contributed by atoms with van der Waals surface area (Å²) < 4.78 is 40.1. The van der Waals surface area contributed by atoms with E-state index in [2.05, 4.69) is 0 Å². The molecule has 1 saturated heterocycles. The van der Waals surface area contributed by atoms with E-state index < -0.39 is 15.8 Å². The molecule has 156 valence electrons. The van der Waals surface area contributed by atoms with Gasteiger partial charge in [-0.2, -0.15) is 4.31 Å². The summed E-state index contributed by atoms with van der Waals surface area (Å²) >= 11 is 0. The summed E-state index contributed by atoms with van der Waals surface area (Å²) in [6.07, 6.45) is 0. The molecule has 1 unspecified atom stereocenters. The van der Waals surface area contributed by atoms with Crippen LogP contribution >= 0.6 is 0 Å². The average molecular weight is 420 g/mol. The Labute approximate surface area is 171 Å². The van der Waals surface area contributed by atoms with E-state index in [1.165, 1.54) is 22.5 Å². The van der Waals surface area contributed by atoms with Gasteiger partial charge in [-0.15, -0.1) is 0 Å². The molecule has 2 aromatic rings. The Morgan fingerprint density at radius 3 is 2.34 bits per heavy atom. The van der Waals surface area contributed by atoms with Gasteiger partial charge < -0.3 is 4.90 Å². The lowest BCUT2D eigenvalue weighted by Gasteiger charge is -2.35. The number of amides is 1. The van der Waals surface area contributed by atoms with Crippen molar-refractivity contribution >= 4 is 15.9 Å². The molecule has 0 bridgehead atoms. The molecule has 2 aromatic carbocycles. The van der Waals surface area contributed by atoms with E-state index in [1.807, 2.05) is 42.2 Å². The fourth-order valence-corrected chi connectivity index (χ4v) is 4.83. The van der Waals surface area contributed by atoms with Crippen LogP contribution in [0, 0.1) is 5.82 Å². The van der Waals surface area contributed by atoms with Crippen molar-refractivity contribution in [1.29, 1.82) is 0 Å². The van der Waals surface area contributed by atoms with Gasteiger partial charge in [0.05, 0.1) is 17.5 Å². The van der Waals surface area contributed by atoms with Crippen molar-refractivity contribution in [3.05, 3.63) is 66.0 Å². The number of carbonyl (C=O) groups excluding carboxylic acids is 1. The first kappa shape index (κ1) is 21.4. The Hall–Kier alpha value is -2.29. The summed E-state index contributed by atoms with van der Waals surface area (Å²) in [5.41, 5.74) is 1.06. The van der Waals surface area contributed by atoms with E-state index in [4.69, 9.17) is 0 Å². The van der Waals surface area contributed by atoms with Gasteiger partial charge in [0.2, 0.25) is 15.9 Å². The molecule has 0 N–H and O–H groups in total. The number of sulfonamides is 1. The van der Waals surface area contributed by atoms with Gasteiger partial charge in [0.1, 0.15) is 5.82 Å². The topological polar surface area (TPSA) is 60.9 Å². The number of halogens is 1. The predicted octanol–water partition coefficient (Wildman–Crippen LogP) is 2.35. The lowest BCUT2D eigenvalue weighted by atomic mass is 10.1. The predicted molar refractivity (Wildman–Crippen MR) is 109 cm³/mol. The quantitative estimate of drug-likeness (QED) is 0.721. The normalized spacial score (nSPS) is 17.1. The number of hydrogen-bond acceptors (Lipinski definition) is 4. The third-order valence-electron chi connectivity index (χ3n) is 5.38. The highest BCUT2D eigenvalue weighted by molar-refractivity contribution is 7.89. The van der Waals surface area contributed by atoms with E-state index >= 15 is 0 Å². The maximum absolute atomic E-state index is 13.4. The van der Waals surface area contributed by atoms with Crippen LogP contribution in [0.2, 0.25) is 0 Å². The second kappa shape index (κ2) is 9.02. The molecule has 1 amide bonds. The van der Waals surface area contributed by atoms with E-state index in [0.29, 0.717) is 13.1 Å². The maximum atomic E-state index is 13.4. The molecule has 8 heteroatoms. The largest absolute Gasteiger partial charge is 0.338 e. The van der Waals surface area contributed by atoms with Crippen LogP contribution in [0.1, 0.15) is 18.5 Å². The molecule has 29 heavy (non-hydrogen) atoms. The first-order chi connectivity index (χ1) is 13.8. The number of hydrogen-bond donors (Lipinski definition) is 0. The zero-order chi connectivity index (χ0) is 21.0. The average Bonchev–Trinajstić information content (AvgIpc) is 2.73. The highest BCUT2D eigenvalue weighted by atomic mass is 32.2. The molecule has 0 spiro atoms. The van der Waals surface area contributed by atoms with E-state index in [1.54, 1.807) is 11.9 Å². The lowest BCUT2D eigenvalue weighted by Crippen LogP contribution is -2.51. The van der Waals surface area contributed by atoms with E-state index in [9.17, 15) is 17.6 Å². The van der Waals surface area contributed by atoms with Crippen molar-refractivity contribution in [3.63, 3.8) is 0 Å². The molecule has 6 nitrogen and oxygen atoms in total. The fraction of sp³-hybridized carbons (Fsp3) is 0.381. The monoisotopic (exact) mass is 419 g/mol. The first-order valence-corrected chi connectivity index (χ1v) is 11.0. The van der Waals surface area contributed by atoms with Crippen molar-refractivity contribution in [3.8, 4) is 0 Å². The Bertz CT molecular complexity index is 945. The van der Waals surface area contributed by atoms with Crippen LogP contribution in [0.3, 0.4) is 0 Å². The number of nitrogens with zero attached hydrogens (tertiary/aromatic N) is 3. The third-order valence-corrected chi connectivity index (χ3v) is 7.27. The molecule has 3 rings (SSSR count).